The van der Waals surface area contributed by atoms with Gasteiger partial charge in [-0.15, -0.1) is 11.3 Å². The summed E-state index contributed by atoms with van der Waals surface area (Å²) in [4.78, 5) is 5.64. The summed E-state index contributed by atoms with van der Waals surface area (Å²) >= 11 is 1.75. The van der Waals surface area contributed by atoms with Crippen LogP contribution in [0, 0.1) is 12.3 Å². The smallest absolute Gasteiger partial charge is 0.0797 e. The van der Waals surface area contributed by atoms with Crippen molar-refractivity contribution >= 4 is 11.3 Å². The van der Waals surface area contributed by atoms with Crippen LogP contribution in [-0.4, -0.2) is 31.3 Å². The Balaban J connectivity index is 1.65. The average Bonchev–Trinajstić information content (AvgIpc) is 2.56. The van der Waals surface area contributed by atoms with Gasteiger partial charge in [0.05, 0.1) is 24.4 Å². The summed E-state index contributed by atoms with van der Waals surface area (Å²) in [6, 6.07) is 0. The second-order valence-corrected chi connectivity index (χ2v) is 5.53. The second kappa shape index (κ2) is 4.60. The van der Waals surface area contributed by atoms with Crippen LogP contribution in [0.5, 0.6) is 0 Å². The predicted molar refractivity (Wildman–Crippen MR) is 62.4 cm³/mol. The van der Waals surface area contributed by atoms with Crippen molar-refractivity contribution in [2.24, 2.45) is 5.41 Å². The van der Waals surface area contributed by atoms with E-state index in [0.29, 0.717) is 5.41 Å². The van der Waals surface area contributed by atoms with Gasteiger partial charge in [0.1, 0.15) is 0 Å². The van der Waals surface area contributed by atoms with Gasteiger partial charge < -0.3 is 10.1 Å². The molecule has 2 rings (SSSR count). The summed E-state index contributed by atoms with van der Waals surface area (Å²) in [7, 11) is 0. The molecular formula is C11H18N2OS. The molecule has 0 aliphatic carbocycles. The van der Waals surface area contributed by atoms with Gasteiger partial charge in [0.25, 0.3) is 0 Å². The molecular weight excluding hydrogens is 208 g/mol. The molecule has 4 heteroatoms. The Morgan fingerprint density at radius 3 is 2.93 bits per heavy atom. The number of hydrogen-bond donors (Lipinski definition) is 1. The second-order valence-electron chi connectivity index (χ2n) is 4.59. The van der Waals surface area contributed by atoms with Crippen LogP contribution in [0.15, 0.2) is 5.51 Å². The molecule has 0 saturated carbocycles. The van der Waals surface area contributed by atoms with Crippen molar-refractivity contribution in [3.63, 3.8) is 0 Å². The topological polar surface area (TPSA) is 34.2 Å². The van der Waals surface area contributed by atoms with E-state index in [1.807, 2.05) is 5.51 Å². The fraction of sp³-hybridized carbons (Fsp3) is 0.727. The van der Waals surface area contributed by atoms with E-state index in [2.05, 4.69) is 24.1 Å². The monoisotopic (exact) mass is 226 g/mol. The van der Waals surface area contributed by atoms with E-state index in [0.717, 1.165) is 32.7 Å². The van der Waals surface area contributed by atoms with Crippen molar-refractivity contribution in [3.05, 3.63) is 16.1 Å². The Hall–Kier alpha value is -0.450. The third-order valence-corrected chi connectivity index (χ3v) is 3.82. The number of rotatable bonds is 5. The largest absolute Gasteiger partial charge is 0.380 e. The molecule has 1 N–H and O–H groups in total. The first-order chi connectivity index (χ1) is 7.20. The summed E-state index contributed by atoms with van der Waals surface area (Å²) in [5.74, 6) is 0. The van der Waals surface area contributed by atoms with Crippen molar-refractivity contribution in [2.75, 3.05) is 26.3 Å². The van der Waals surface area contributed by atoms with E-state index in [4.69, 9.17) is 4.74 Å². The van der Waals surface area contributed by atoms with Gasteiger partial charge in [-0.2, -0.15) is 0 Å². The molecule has 1 aromatic heterocycles. The van der Waals surface area contributed by atoms with Crippen LogP contribution in [0.2, 0.25) is 0 Å². The van der Waals surface area contributed by atoms with Crippen molar-refractivity contribution in [2.45, 2.75) is 20.3 Å². The number of nitrogens with zero attached hydrogens (tertiary/aromatic N) is 1. The van der Waals surface area contributed by atoms with E-state index in [9.17, 15) is 0 Å². The molecule has 0 bridgehead atoms. The summed E-state index contributed by atoms with van der Waals surface area (Å²) in [5, 5.41) is 3.49. The molecule has 1 saturated heterocycles. The first kappa shape index (κ1) is 11.0. The summed E-state index contributed by atoms with van der Waals surface area (Å²) in [5.41, 5.74) is 3.48. The van der Waals surface area contributed by atoms with Crippen molar-refractivity contribution in [1.82, 2.24) is 10.3 Å². The molecule has 0 spiro atoms. The van der Waals surface area contributed by atoms with E-state index < -0.39 is 0 Å². The van der Waals surface area contributed by atoms with Gasteiger partial charge in [0, 0.05) is 23.4 Å². The number of ether oxygens (including phenoxy) is 1. The number of nitrogens with one attached hydrogen (secondary N) is 1. The minimum Gasteiger partial charge on any atom is -0.380 e. The lowest BCUT2D eigenvalue weighted by Gasteiger charge is -2.38. The number of thiazole rings is 1. The molecule has 0 unspecified atom stereocenters. The highest BCUT2D eigenvalue weighted by Gasteiger charge is 2.32. The van der Waals surface area contributed by atoms with Crippen LogP contribution in [0.3, 0.4) is 0 Å². The number of aromatic nitrogens is 1. The fourth-order valence-electron chi connectivity index (χ4n) is 1.71. The Labute approximate surface area is 94.9 Å². The zero-order chi connectivity index (χ0) is 10.7. The first-order valence-corrected chi connectivity index (χ1v) is 6.25. The van der Waals surface area contributed by atoms with Crippen LogP contribution in [0.4, 0.5) is 0 Å². The third kappa shape index (κ3) is 2.77. The van der Waals surface area contributed by atoms with Gasteiger partial charge in [-0.05, 0) is 13.3 Å². The maximum absolute atomic E-state index is 5.21. The molecule has 0 amide bonds. The molecule has 0 radical (unpaired) electrons. The predicted octanol–water partition coefficient (Wildman–Crippen LogP) is 1.62. The van der Waals surface area contributed by atoms with Crippen LogP contribution >= 0.6 is 11.3 Å². The lowest BCUT2D eigenvalue weighted by molar-refractivity contribution is -0.0988. The standard InChI is InChI=1S/C11H18N2OS/c1-9-10(15-8-13-9)3-4-12-5-11(2)6-14-7-11/h8,12H,3-7H2,1-2H3. The molecule has 2 heterocycles. The van der Waals surface area contributed by atoms with Crippen molar-refractivity contribution < 1.29 is 4.74 Å². The van der Waals surface area contributed by atoms with Crippen molar-refractivity contribution in [1.29, 1.82) is 0 Å². The van der Waals surface area contributed by atoms with Gasteiger partial charge in [-0.1, -0.05) is 6.92 Å². The van der Waals surface area contributed by atoms with Crippen molar-refractivity contribution in [3.8, 4) is 0 Å². The maximum Gasteiger partial charge on any atom is 0.0797 e. The molecule has 1 aliphatic rings. The van der Waals surface area contributed by atoms with Gasteiger partial charge in [-0.3, -0.25) is 0 Å². The molecule has 0 atom stereocenters. The summed E-state index contributed by atoms with van der Waals surface area (Å²) in [6.07, 6.45) is 1.09. The molecule has 1 fully saturated rings. The zero-order valence-electron chi connectivity index (χ0n) is 9.38. The fourth-order valence-corrected chi connectivity index (χ4v) is 2.49. The quantitative estimate of drug-likeness (QED) is 0.775. The third-order valence-electron chi connectivity index (χ3n) is 2.83. The van der Waals surface area contributed by atoms with E-state index in [1.165, 1.54) is 10.6 Å². The summed E-state index contributed by atoms with van der Waals surface area (Å²) in [6.45, 7) is 8.25. The minimum absolute atomic E-state index is 0.378. The lowest BCUT2D eigenvalue weighted by Crippen LogP contribution is -2.47. The van der Waals surface area contributed by atoms with E-state index >= 15 is 0 Å². The van der Waals surface area contributed by atoms with Gasteiger partial charge in [-0.25, -0.2) is 4.98 Å². The zero-order valence-corrected chi connectivity index (χ0v) is 10.2. The maximum atomic E-state index is 5.21. The highest BCUT2D eigenvalue weighted by molar-refractivity contribution is 7.09. The Kier molecular flexibility index (Phi) is 3.38. The SMILES string of the molecule is Cc1ncsc1CCNCC1(C)COC1. The van der Waals surface area contributed by atoms with Crippen LogP contribution in [-0.2, 0) is 11.2 Å². The Bertz CT molecular complexity index is 320. The Morgan fingerprint density at radius 1 is 1.60 bits per heavy atom. The van der Waals surface area contributed by atoms with Crippen LogP contribution in [0.25, 0.3) is 0 Å². The minimum atomic E-state index is 0.378. The van der Waals surface area contributed by atoms with E-state index in [-0.39, 0.29) is 0 Å². The molecule has 1 aliphatic heterocycles. The van der Waals surface area contributed by atoms with Crippen LogP contribution < -0.4 is 5.32 Å². The van der Waals surface area contributed by atoms with Crippen LogP contribution in [0.1, 0.15) is 17.5 Å². The molecule has 1 aromatic rings. The molecule has 0 aromatic carbocycles. The number of aryl methyl sites for hydroxylation is 1. The average molecular weight is 226 g/mol. The highest BCUT2D eigenvalue weighted by Crippen LogP contribution is 2.25. The van der Waals surface area contributed by atoms with Gasteiger partial charge >= 0.3 is 0 Å². The molecule has 3 nitrogen and oxygen atoms in total. The summed E-state index contributed by atoms with van der Waals surface area (Å²) < 4.78 is 5.21. The Morgan fingerprint density at radius 2 is 2.40 bits per heavy atom. The van der Waals surface area contributed by atoms with E-state index in [1.54, 1.807) is 11.3 Å². The van der Waals surface area contributed by atoms with Gasteiger partial charge in [0.2, 0.25) is 0 Å². The first-order valence-electron chi connectivity index (χ1n) is 5.37. The highest BCUT2D eigenvalue weighted by atomic mass is 32.1. The number of hydrogen-bond acceptors (Lipinski definition) is 4. The lowest BCUT2D eigenvalue weighted by atomic mass is 9.89. The van der Waals surface area contributed by atoms with Gasteiger partial charge in [0.15, 0.2) is 0 Å². The molecule has 84 valence electrons. The normalized spacial score (nSPS) is 18.8. The molecule has 15 heavy (non-hydrogen) atoms.